The van der Waals surface area contributed by atoms with Crippen LogP contribution in [0.15, 0.2) is 23.1 Å². The predicted octanol–water partition coefficient (Wildman–Crippen LogP) is 1.04. The number of alkyl halides is 3. The average molecular weight is 203 g/mol. The van der Waals surface area contributed by atoms with Gasteiger partial charge in [0.1, 0.15) is 0 Å². The topological polar surface area (TPSA) is 50.2 Å². The van der Waals surface area contributed by atoms with Gasteiger partial charge in [0.25, 0.3) is 0 Å². The number of nitrogens with one attached hydrogen (secondary N) is 1. The fourth-order valence-corrected chi connectivity index (χ4v) is 1.17. The second-order valence-electron chi connectivity index (χ2n) is 2.64. The zero-order chi connectivity index (χ0) is 10.3. The molecule has 0 bridgehead atoms. The zero-order valence-corrected chi connectivity index (χ0v) is 6.67. The Morgan fingerprint density at radius 1 is 1.43 bits per heavy atom. The van der Waals surface area contributed by atoms with E-state index in [9.17, 15) is 18.0 Å². The van der Waals surface area contributed by atoms with E-state index in [4.69, 9.17) is 0 Å². The van der Waals surface area contributed by atoms with Gasteiger partial charge in [-0.1, -0.05) is 0 Å². The van der Waals surface area contributed by atoms with Gasteiger partial charge in [-0.3, -0.25) is 4.40 Å². The number of fused-ring (bicyclic) bond motifs is 1. The van der Waals surface area contributed by atoms with Crippen molar-refractivity contribution in [3.63, 3.8) is 0 Å². The van der Waals surface area contributed by atoms with Crippen LogP contribution < -0.4 is 5.69 Å². The van der Waals surface area contributed by atoms with Crippen molar-refractivity contribution in [2.45, 2.75) is 6.18 Å². The van der Waals surface area contributed by atoms with Crippen LogP contribution in [0.5, 0.6) is 0 Å². The van der Waals surface area contributed by atoms with Crippen molar-refractivity contribution in [2.24, 2.45) is 0 Å². The molecule has 14 heavy (non-hydrogen) atoms. The van der Waals surface area contributed by atoms with Crippen LogP contribution in [0.4, 0.5) is 13.2 Å². The summed E-state index contributed by atoms with van der Waals surface area (Å²) in [6.07, 6.45) is -3.32. The Kier molecular flexibility index (Phi) is 1.63. The summed E-state index contributed by atoms with van der Waals surface area (Å²) in [6.45, 7) is 0. The molecule has 0 aliphatic carbocycles. The van der Waals surface area contributed by atoms with Gasteiger partial charge < -0.3 is 0 Å². The SMILES string of the molecule is O=c1[nH]nc(C(F)(F)F)c2cccn12. The van der Waals surface area contributed by atoms with E-state index in [-0.39, 0.29) is 5.52 Å². The molecular formula is C7H4F3N3O. The highest BCUT2D eigenvalue weighted by molar-refractivity contribution is 5.52. The Balaban J connectivity index is 2.86. The summed E-state index contributed by atoms with van der Waals surface area (Å²) in [7, 11) is 0. The minimum atomic E-state index is -4.57. The second kappa shape index (κ2) is 2.60. The first-order valence-electron chi connectivity index (χ1n) is 3.63. The zero-order valence-electron chi connectivity index (χ0n) is 6.67. The Hall–Kier alpha value is -1.79. The van der Waals surface area contributed by atoms with Gasteiger partial charge in [0.2, 0.25) is 0 Å². The summed E-state index contributed by atoms with van der Waals surface area (Å²) in [5, 5.41) is 4.74. The summed E-state index contributed by atoms with van der Waals surface area (Å²) in [6, 6.07) is 2.53. The molecule has 2 aromatic heterocycles. The Morgan fingerprint density at radius 3 is 2.79 bits per heavy atom. The fraction of sp³-hybridized carbons (Fsp3) is 0.143. The second-order valence-corrected chi connectivity index (χ2v) is 2.64. The van der Waals surface area contributed by atoms with Crippen molar-refractivity contribution in [1.29, 1.82) is 0 Å². The minimum absolute atomic E-state index is 0.249. The van der Waals surface area contributed by atoms with Crippen molar-refractivity contribution in [1.82, 2.24) is 14.6 Å². The summed E-state index contributed by atoms with van der Waals surface area (Å²) >= 11 is 0. The monoisotopic (exact) mass is 203 g/mol. The molecule has 0 radical (unpaired) electrons. The lowest BCUT2D eigenvalue weighted by atomic mass is 10.3. The van der Waals surface area contributed by atoms with Gasteiger partial charge in [-0.15, -0.1) is 0 Å². The van der Waals surface area contributed by atoms with Crippen molar-refractivity contribution in [3.8, 4) is 0 Å². The minimum Gasteiger partial charge on any atom is -0.266 e. The molecule has 0 aliphatic rings. The standard InChI is InChI=1S/C7H4F3N3O/c8-7(9,10)5-4-2-1-3-13(4)6(14)12-11-5/h1-3H,(H,12,14). The quantitative estimate of drug-likeness (QED) is 0.695. The maximum absolute atomic E-state index is 12.3. The molecule has 2 heterocycles. The molecule has 74 valence electrons. The van der Waals surface area contributed by atoms with Gasteiger partial charge in [0.05, 0.1) is 5.52 Å². The van der Waals surface area contributed by atoms with Gasteiger partial charge in [-0.25, -0.2) is 9.89 Å². The predicted molar refractivity (Wildman–Crippen MR) is 40.8 cm³/mol. The van der Waals surface area contributed by atoms with Crippen LogP contribution in [0.2, 0.25) is 0 Å². The molecule has 0 saturated carbocycles. The smallest absolute Gasteiger partial charge is 0.266 e. The number of hydrogen-bond acceptors (Lipinski definition) is 2. The normalized spacial score (nSPS) is 12.2. The maximum Gasteiger partial charge on any atom is 0.437 e. The molecule has 0 aromatic carbocycles. The fourth-order valence-electron chi connectivity index (χ4n) is 1.17. The third-order valence-electron chi connectivity index (χ3n) is 1.74. The Labute approximate surface area is 75.0 Å². The van der Waals surface area contributed by atoms with Crippen LogP contribution in [0.25, 0.3) is 5.52 Å². The molecule has 4 nitrogen and oxygen atoms in total. The molecule has 0 spiro atoms. The van der Waals surface area contributed by atoms with Gasteiger partial charge in [0.15, 0.2) is 5.69 Å². The van der Waals surface area contributed by atoms with Crippen LogP contribution >= 0.6 is 0 Å². The third kappa shape index (κ3) is 1.17. The third-order valence-corrected chi connectivity index (χ3v) is 1.74. The lowest BCUT2D eigenvalue weighted by Gasteiger charge is -2.05. The van der Waals surface area contributed by atoms with E-state index >= 15 is 0 Å². The Bertz CT molecular complexity index is 525. The van der Waals surface area contributed by atoms with Crippen molar-refractivity contribution < 1.29 is 13.2 Å². The van der Waals surface area contributed by atoms with Gasteiger partial charge in [0, 0.05) is 6.20 Å². The van der Waals surface area contributed by atoms with Crippen molar-refractivity contribution >= 4 is 5.52 Å². The molecule has 0 amide bonds. The summed E-state index contributed by atoms with van der Waals surface area (Å²) < 4.78 is 37.8. The highest BCUT2D eigenvalue weighted by atomic mass is 19.4. The number of nitrogens with zero attached hydrogens (tertiary/aromatic N) is 2. The lowest BCUT2D eigenvalue weighted by Crippen LogP contribution is -2.22. The molecule has 0 unspecified atom stereocenters. The first-order valence-corrected chi connectivity index (χ1v) is 3.63. The van der Waals surface area contributed by atoms with Crippen LogP contribution in [0.1, 0.15) is 5.69 Å². The molecule has 0 atom stereocenters. The summed E-state index contributed by atoms with van der Waals surface area (Å²) in [5.74, 6) is 0. The molecule has 0 fully saturated rings. The molecule has 7 heteroatoms. The van der Waals surface area contributed by atoms with E-state index in [1.54, 1.807) is 5.10 Å². The van der Waals surface area contributed by atoms with Gasteiger partial charge >= 0.3 is 11.9 Å². The average Bonchev–Trinajstić information content (AvgIpc) is 2.50. The van der Waals surface area contributed by atoms with E-state index in [1.165, 1.54) is 18.3 Å². The van der Waals surface area contributed by atoms with E-state index in [0.29, 0.717) is 0 Å². The number of halogens is 3. The highest BCUT2D eigenvalue weighted by Crippen LogP contribution is 2.29. The number of aromatic amines is 1. The molecular weight excluding hydrogens is 199 g/mol. The van der Waals surface area contributed by atoms with Gasteiger partial charge in [-0.05, 0) is 12.1 Å². The molecule has 1 N–H and O–H groups in total. The van der Waals surface area contributed by atoms with E-state index in [1.807, 2.05) is 0 Å². The largest absolute Gasteiger partial charge is 0.437 e. The van der Waals surface area contributed by atoms with Crippen molar-refractivity contribution in [2.75, 3.05) is 0 Å². The van der Waals surface area contributed by atoms with E-state index in [0.717, 1.165) is 4.40 Å². The van der Waals surface area contributed by atoms with Crippen LogP contribution in [0, 0.1) is 0 Å². The number of hydrogen-bond donors (Lipinski definition) is 1. The summed E-state index contributed by atoms with van der Waals surface area (Å²) in [5.41, 5.74) is -2.04. The van der Waals surface area contributed by atoms with Crippen LogP contribution in [0.3, 0.4) is 0 Å². The first kappa shape index (κ1) is 8.79. The summed E-state index contributed by atoms with van der Waals surface area (Å²) in [4.78, 5) is 11.0. The molecule has 2 aromatic rings. The number of rotatable bonds is 0. The van der Waals surface area contributed by atoms with Gasteiger partial charge in [-0.2, -0.15) is 18.3 Å². The maximum atomic E-state index is 12.3. The van der Waals surface area contributed by atoms with Crippen LogP contribution in [-0.2, 0) is 6.18 Å². The molecule has 2 rings (SSSR count). The van der Waals surface area contributed by atoms with E-state index in [2.05, 4.69) is 5.10 Å². The van der Waals surface area contributed by atoms with Crippen molar-refractivity contribution in [3.05, 3.63) is 34.5 Å². The molecule has 0 saturated heterocycles. The number of aromatic nitrogens is 3. The molecule has 0 aliphatic heterocycles. The lowest BCUT2D eigenvalue weighted by molar-refractivity contribution is -0.140. The van der Waals surface area contributed by atoms with Crippen LogP contribution in [-0.4, -0.2) is 14.6 Å². The Morgan fingerprint density at radius 2 is 2.14 bits per heavy atom. The first-order chi connectivity index (χ1) is 6.50. The van der Waals surface area contributed by atoms with E-state index < -0.39 is 17.6 Å². The highest BCUT2D eigenvalue weighted by Gasteiger charge is 2.35. The number of H-pyrrole nitrogens is 1.